The van der Waals surface area contributed by atoms with E-state index >= 15 is 0 Å². The lowest BCUT2D eigenvalue weighted by Crippen LogP contribution is -2.50. The van der Waals surface area contributed by atoms with E-state index < -0.39 is 12.0 Å². The van der Waals surface area contributed by atoms with Crippen LogP contribution in [-0.4, -0.2) is 41.1 Å². The van der Waals surface area contributed by atoms with Crippen molar-refractivity contribution < 1.29 is 14.7 Å². The lowest BCUT2D eigenvalue weighted by Gasteiger charge is -2.27. The van der Waals surface area contributed by atoms with Gasteiger partial charge in [-0.2, -0.15) is 0 Å². The highest BCUT2D eigenvalue weighted by molar-refractivity contribution is 5.82. The van der Waals surface area contributed by atoms with Gasteiger partial charge in [0, 0.05) is 13.1 Å². The molecule has 2 N–H and O–H groups in total. The predicted octanol–water partition coefficient (Wildman–Crippen LogP) is 1.93. The molecule has 5 heteroatoms. The van der Waals surface area contributed by atoms with E-state index in [0.717, 1.165) is 6.42 Å². The standard InChI is InChI=1S/C12H24N2O3/c1-6-8(3)9(4)13-12(17)14(5)10(7-2)11(15)16/h8-10H,6-7H2,1-5H3,(H,13,17)(H,15,16). The molecule has 5 nitrogen and oxygen atoms in total. The number of rotatable bonds is 6. The molecule has 0 bridgehead atoms. The molecular weight excluding hydrogens is 220 g/mol. The molecule has 3 atom stereocenters. The summed E-state index contributed by atoms with van der Waals surface area (Å²) in [7, 11) is 1.51. The van der Waals surface area contributed by atoms with E-state index in [0.29, 0.717) is 12.3 Å². The molecule has 0 heterocycles. The molecule has 0 aromatic heterocycles. The summed E-state index contributed by atoms with van der Waals surface area (Å²) in [6, 6.07) is -1.05. The number of nitrogens with one attached hydrogen (secondary N) is 1. The molecule has 0 rings (SSSR count). The molecule has 0 saturated carbocycles. The Labute approximate surface area is 103 Å². The molecule has 0 radical (unpaired) electrons. The van der Waals surface area contributed by atoms with Crippen molar-refractivity contribution in [3.63, 3.8) is 0 Å². The van der Waals surface area contributed by atoms with Crippen molar-refractivity contribution in [1.29, 1.82) is 0 Å². The van der Waals surface area contributed by atoms with Crippen LogP contribution in [0.1, 0.15) is 40.5 Å². The van der Waals surface area contributed by atoms with Gasteiger partial charge in [0.15, 0.2) is 0 Å². The minimum absolute atomic E-state index is 0.0428. The maximum atomic E-state index is 11.8. The first kappa shape index (κ1) is 15.7. The number of carboxylic acids is 1. The second-order valence-electron chi connectivity index (χ2n) is 4.50. The quantitative estimate of drug-likeness (QED) is 0.750. The molecule has 0 aliphatic rings. The third kappa shape index (κ3) is 4.63. The van der Waals surface area contributed by atoms with Crippen LogP contribution in [0.15, 0.2) is 0 Å². The number of urea groups is 1. The largest absolute Gasteiger partial charge is 0.480 e. The Bertz CT molecular complexity index is 268. The van der Waals surface area contributed by atoms with Crippen LogP contribution in [0, 0.1) is 5.92 Å². The van der Waals surface area contributed by atoms with Gasteiger partial charge in [0.1, 0.15) is 6.04 Å². The third-order valence-corrected chi connectivity index (χ3v) is 3.31. The van der Waals surface area contributed by atoms with Crippen molar-refractivity contribution in [1.82, 2.24) is 10.2 Å². The first-order chi connectivity index (χ1) is 7.84. The number of hydrogen-bond donors (Lipinski definition) is 2. The fourth-order valence-electron chi connectivity index (χ4n) is 1.55. The normalized spacial score (nSPS) is 15.8. The van der Waals surface area contributed by atoms with Crippen LogP contribution in [0.25, 0.3) is 0 Å². The van der Waals surface area contributed by atoms with Gasteiger partial charge in [0.05, 0.1) is 0 Å². The van der Waals surface area contributed by atoms with E-state index in [-0.39, 0.29) is 12.1 Å². The fourth-order valence-corrected chi connectivity index (χ4v) is 1.55. The molecule has 0 aliphatic heterocycles. The molecule has 0 aromatic rings. The van der Waals surface area contributed by atoms with Gasteiger partial charge >= 0.3 is 12.0 Å². The third-order valence-electron chi connectivity index (χ3n) is 3.31. The van der Waals surface area contributed by atoms with Gasteiger partial charge in [0.25, 0.3) is 0 Å². The minimum Gasteiger partial charge on any atom is -0.480 e. The Morgan fingerprint density at radius 1 is 1.24 bits per heavy atom. The molecule has 100 valence electrons. The van der Waals surface area contributed by atoms with E-state index in [4.69, 9.17) is 5.11 Å². The minimum atomic E-state index is -0.971. The topological polar surface area (TPSA) is 69.6 Å². The van der Waals surface area contributed by atoms with Crippen LogP contribution >= 0.6 is 0 Å². The molecule has 0 aromatic carbocycles. The van der Waals surface area contributed by atoms with Gasteiger partial charge in [-0.1, -0.05) is 27.2 Å². The number of nitrogens with zero attached hydrogens (tertiary/aromatic N) is 1. The maximum Gasteiger partial charge on any atom is 0.326 e. The van der Waals surface area contributed by atoms with Crippen LogP contribution < -0.4 is 5.32 Å². The first-order valence-corrected chi connectivity index (χ1v) is 6.11. The number of carboxylic acid groups (broad SMARTS) is 1. The summed E-state index contributed by atoms with van der Waals surface area (Å²) < 4.78 is 0. The van der Waals surface area contributed by atoms with E-state index in [1.807, 2.05) is 6.92 Å². The number of carbonyl (C=O) groups is 2. The Hall–Kier alpha value is -1.26. The van der Waals surface area contributed by atoms with Gasteiger partial charge in [-0.25, -0.2) is 9.59 Å². The highest BCUT2D eigenvalue weighted by Crippen LogP contribution is 2.08. The zero-order chi connectivity index (χ0) is 13.6. The van der Waals surface area contributed by atoms with Crippen molar-refractivity contribution in [2.24, 2.45) is 5.92 Å². The molecule has 17 heavy (non-hydrogen) atoms. The van der Waals surface area contributed by atoms with Crippen LogP contribution in [0.5, 0.6) is 0 Å². The van der Waals surface area contributed by atoms with E-state index in [2.05, 4.69) is 19.2 Å². The smallest absolute Gasteiger partial charge is 0.326 e. The summed E-state index contributed by atoms with van der Waals surface area (Å²) in [6.07, 6.45) is 1.37. The molecule has 0 aliphatic carbocycles. The SMILES string of the molecule is CCC(C)C(C)NC(=O)N(C)C(CC)C(=O)O. The van der Waals surface area contributed by atoms with Crippen molar-refractivity contribution >= 4 is 12.0 Å². The average Bonchev–Trinajstić information content (AvgIpc) is 2.27. The number of likely N-dealkylation sites (N-methyl/N-ethyl adjacent to an activating group) is 1. The van der Waals surface area contributed by atoms with Gasteiger partial charge in [-0.15, -0.1) is 0 Å². The van der Waals surface area contributed by atoms with Crippen LogP contribution in [0.4, 0.5) is 4.79 Å². The second kappa shape index (κ2) is 7.14. The number of hydrogen-bond acceptors (Lipinski definition) is 2. The highest BCUT2D eigenvalue weighted by Gasteiger charge is 2.25. The Morgan fingerprint density at radius 3 is 2.12 bits per heavy atom. The number of aliphatic carboxylic acids is 1. The average molecular weight is 244 g/mol. The monoisotopic (exact) mass is 244 g/mol. The first-order valence-electron chi connectivity index (χ1n) is 6.11. The zero-order valence-corrected chi connectivity index (χ0v) is 11.4. The summed E-state index contributed by atoms with van der Waals surface area (Å²) in [6.45, 7) is 7.80. The summed E-state index contributed by atoms with van der Waals surface area (Å²) >= 11 is 0. The summed E-state index contributed by atoms with van der Waals surface area (Å²) in [5, 5.41) is 11.8. The molecule has 0 spiro atoms. The Morgan fingerprint density at radius 2 is 1.76 bits per heavy atom. The predicted molar refractivity (Wildman–Crippen MR) is 66.9 cm³/mol. The molecule has 0 saturated heterocycles. The van der Waals surface area contributed by atoms with Crippen LogP contribution in [0.2, 0.25) is 0 Å². The fraction of sp³-hybridized carbons (Fsp3) is 0.833. The molecule has 2 amide bonds. The molecular formula is C12H24N2O3. The Kier molecular flexibility index (Phi) is 6.61. The van der Waals surface area contributed by atoms with Crippen LogP contribution in [0.3, 0.4) is 0 Å². The van der Waals surface area contributed by atoms with Crippen molar-refractivity contribution in [3.8, 4) is 0 Å². The zero-order valence-electron chi connectivity index (χ0n) is 11.4. The molecule has 0 fully saturated rings. The van der Waals surface area contributed by atoms with Gasteiger partial charge in [0.2, 0.25) is 0 Å². The number of amides is 2. The summed E-state index contributed by atoms with van der Waals surface area (Å²) in [5.41, 5.74) is 0. The second-order valence-corrected chi connectivity index (χ2v) is 4.50. The summed E-state index contributed by atoms with van der Waals surface area (Å²) in [5.74, 6) is -0.599. The maximum absolute atomic E-state index is 11.8. The van der Waals surface area contributed by atoms with Crippen molar-refractivity contribution in [2.75, 3.05) is 7.05 Å². The van der Waals surface area contributed by atoms with E-state index in [9.17, 15) is 9.59 Å². The Balaban J connectivity index is 4.45. The van der Waals surface area contributed by atoms with Crippen LogP contribution in [-0.2, 0) is 4.79 Å². The lowest BCUT2D eigenvalue weighted by molar-refractivity contribution is -0.141. The van der Waals surface area contributed by atoms with Crippen molar-refractivity contribution in [3.05, 3.63) is 0 Å². The molecule has 3 unspecified atom stereocenters. The van der Waals surface area contributed by atoms with E-state index in [1.54, 1.807) is 6.92 Å². The van der Waals surface area contributed by atoms with Gasteiger partial charge < -0.3 is 15.3 Å². The highest BCUT2D eigenvalue weighted by atomic mass is 16.4. The number of carbonyl (C=O) groups excluding carboxylic acids is 1. The summed E-state index contributed by atoms with van der Waals surface area (Å²) in [4.78, 5) is 24.0. The van der Waals surface area contributed by atoms with Crippen molar-refractivity contribution in [2.45, 2.75) is 52.6 Å². The van der Waals surface area contributed by atoms with Gasteiger partial charge in [-0.05, 0) is 19.3 Å². The lowest BCUT2D eigenvalue weighted by atomic mass is 10.0. The van der Waals surface area contributed by atoms with E-state index in [1.165, 1.54) is 11.9 Å². The van der Waals surface area contributed by atoms with Gasteiger partial charge in [-0.3, -0.25) is 0 Å².